The van der Waals surface area contributed by atoms with E-state index in [4.69, 9.17) is 16.3 Å². The molecule has 7 heteroatoms. The second kappa shape index (κ2) is 10.8. The molecule has 0 atom stereocenters. The average Bonchev–Trinajstić information content (AvgIpc) is 3.02. The first-order valence-electron chi connectivity index (χ1n) is 10.2. The number of carbonyl (C=O) groups is 1. The largest absolute Gasteiger partial charge is 0.489 e. The Morgan fingerprint density at radius 1 is 1.23 bits per heavy atom. The Morgan fingerprint density at radius 3 is 2.68 bits per heavy atom. The summed E-state index contributed by atoms with van der Waals surface area (Å²) >= 11 is 6.41. The van der Waals surface area contributed by atoms with Crippen LogP contribution < -0.4 is 10.1 Å². The predicted molar refractivity (Wildman–Crippen MR) is 123 cm³/mol. The first-order valence-corrected chi connectivity index (χ1v) is 10.6. The number of nitrogens with zero attached hydrogens (tertiary/aromatic N) is 3. The van der Waals surface area contributed by atoms with Crippen LogP contribution in [0.5, 0.6) is 5.75 Å². The van der Waals surface area contributed by atoms with E-state index in [1.807, 2.05) is 43.3 Å². The minimum atomic E-state index is -0.191. The molecule has 1 aromatic carbocycles. The fourth-order valence-corrected chi connectivity index (χ4v) is 3.29. The number of pyridine rings is 1. The van der Waals surface area contributed by atoms with E-state index in [2.05, 4.69) is 29.2 Å². The molecule has 0 unspecified atom stereocenters. The van der Waals surface area contributed by atoms with Gasteiger partial charge in [0, 0.05) is 42.7 Å². The van der Waals surface area contributed by atoms with E-state index in [1.165, 1.54) is 6.08 Å². The monoisotopic (exact) mass is 438 g/mol. The number of rotatable bonds is 9. The van der Waals surface area contributed by atoms with Gasteiger partial charge in [-0.1, -0.05) is 43.6 Å². The van der Waals surface area contributed by atoms with Crippen LogP contribution >= 0.6 is 11.6 Å². The van der Waals surface area contributed by atoms with Crippen LogP contribution in [0.15, 0.2) is 54.9 Å². The fourth-order valence-electron chi connectivity index (χ4n) is 2.98. The van der Waals surface area contributed by atoms with Gasteiger partial charge in [0.1, 0.15) is 17.5 Å². The first-order chi connectivity index (χ1) is 14.9. The second-order valence-electron chi connectivity index (χ2n) is 7.71. The zero-order chi connectivity index (χ0) is 22.2. The smallest absolute Gasteiger partial charge is 0.244 e. The van der Waals surface area contributed by atoms with Crippen LogP contribution in [-0.2, 0) is 24.5 Å². The molecule has 3 rings (SSSR count). The molecule has 0 saturated carbocycles. The number of aryl methyl sites for hydroxylation is 1. The molecule has 2 heterocycles. The van der Waals surface area contributed by atoms with Crippen LogP contribution in [0.2, 0.25) is 5.15 Å². The summed E-state index contributed by atoms with van der Waals surface area (Å²) in [6, 6.07) is 11.5. The van der Waals surface area contributed by atoms with Crippen molar-refractivity contribution in [3.05, 3.63) is 82.4 Å². The highest BCUT2D eigenvalue weighted by molar-refractivity contribution is 6.31. The molecular weight excluding hydrogens is 412 g/mol. The summed E-state index contributed by atoms with van der Waals surface area (Å²) in [5, 5.41) is 7.88. The molecule has 0 saturated heterocycles. The number of ether oxygens (including phenoxy) is 1. The van der Waals surface area contributed by atoms with Crippen LogP contribution in [-0.4, -0.2) is 20.7 Å². The van der Waals surface area contributed by atoms with E-state index >= 15 is 0 Å². The molecule has 0 aliphatic rings. The predicted octanol–water partition coefficient (Wildman–Crippen LogP) is 4.80. The Kier molecular flexibility index (Phi) is 7.84. The molecule has 0 radical (unpaired) electrons. The third kappa shape index (κ3) is 6.69. The van der Waals surface area contributed by atoms with Crippen molar-refractivity contribution in [2.24, 2.45) is 5.92 Å². The molecule has 162 valence electrons. The number of amides is 1. The highest BCUT2D eigenvalue weighted by Crippen LogP contribution is 2.22. The van der Waals surface area contributed by atoms with Gasteiger partial charge < -0.3 is 10.1 Å². The van der Waals surface area contributed by atoms with Crippen LogP contribution in [0.3, 0.4) is 0 Å². The molecular formula is C24H27ClN4O2. The van der Waals surface area contributed by atoms with Gasteiger partial charge in [0.15, 0.2) is 0 Å². The van der Waals surface area contributed by atoms with Gasteiger partial charge in [-0.3, -0.25) is 14.5 Å². The van der Waals surface area contributed by atoms with E-state index in [0.29, 0.717) is 24.2 Å². The van der Waals surface area contributed by atoms with E-state index in [9.17, 15) is 4.79 Å². The average molecular weight is 439 g/mol. The minimum Gasteiger partial charge on any atom is -0.489 e. The van der Waals surface area contributed by atoms with Crippen molar-refractivity contribution >= 4 is 23.6 Å². The fraction of sp³-hybridized carbons (Fsp3) is 0.292. The van der Waals surface area contributed by atoms with Crippen LogP contribution in [0.1, 0.15) is 36.2 Å². The lowest BCUT2D eigenvalue weighted by Crippen LogP contribution is -2.20. The Labute approximate surface area is 187 Å². The Morgan fingerprint density at radius 2 is 2.00 bits per heavy atom. The number of hydrogen-bond donors (Lipinski definition) is 1. The lowest BCUT2D eigenvalue weighted by atomic mass is 10.2. The molecule has 0 aliphatic heterocycles. The number of halogens is 1. The van der Waals surface area contributed by atoms with Crippen molar-refractivity contribution in [1.82, 2.24) is 20.1 Å². The normalized spacial score (nSPS) is 11.3. The maximum absolute atomic E-state index is 12.2. The minimum absolute atomic E-state index is 0.191. The van der Waals surface area contributed by atoms with Gasteiger partial charge in [-0.15, -0.1) is 0 Å². The van der Waals surface area contributed by atoms with E-state index < -0.39 is 0 Å². The Balaban J connectivity index is 1.50. The SMILES string of the molecule is Cc1nn(CC(C)C)c(Cl)c1C=CC(=O)NCc1ccc(OCc2cccnc2)cc1. The molecule has 0 spiro atoms. The molecule has 0 aliphatic carbocycles. The highest BCUT2D eigenvalue weighted by Gasteiger charge is 2.12. The van der Waals surface area contributed by atoms with Gasteiger partial charge in [-0.25, -0.2) is 0 Å². The molecule has 3 aromatic rings. The number of aromatic nitrogens is 3. The third-order valence-electron chi connectivity index (χ3n) is 4.57. The van der Waals surface area contributed by atoms with Crippen LogP contribution in [0, 0.1) is 12.8 Å². The van der Waals surface area contributed by atoms with Gasteiger partial charge in [-0.05, 0) is 42.7 Å². The van der Waals surface area contributed by atoms with Crippen LogP contribution in [0.4, 0.5) is 0 Å². The quantitative estimate of drug-likeness (QED) is 0.487. The zero-order valence-corrected chi connectivity index (χ0v) is 18.8. The summed E-state index contributed by atoms with van der Waals surface area (Å²) in [7, 11) is 0. The number of benzene rings is 1. The number of carbonyl (C=O) groups excluding carboxylic acids is 1. The van der Waals surface area contributed by atoms with Gasteiger partial charge >= 0.3 is 0 Å². The molecule has 1 amide bonds. The van der Waals surface area contributed by atoms with Gasteiger partial charge in [0.25, 0.3) is 0 Å². The van der Waals surface area contributed by atoms with Crippen molar-refractivity contribution in [3.63, 3.8) is 0 Å². The lowest BCUT2D eigenvalue weighted by molar-refractivity contribution is -0.116. The van der Waals surface area contributed by atoms with Gasteiger partial charge in [0.05, 0.1) is 5.69 Å². The maximum Gasteiger partial charge on any atom is 0.244 e. The van der Waals surface area contributed by atoms with Gasteiger partial charge in [-0.2, -0.15) is 5.10 Å². The standard InChI is InChI=1S/C24H27ClN4O2/c1-17(2)15-29-24(25)22(18(3)28-29)10-11-23(30)27-14-19-6-8-21(9-7-19)31-16-20-5-4-12-26-13-20/h4-13,17H,14-16H2,1-3H3,(H,27,30). The first kappa shape index (κ1) is 22.6. The molecule has 2 aromatic heterocycles. The van der Waals surface area contributed by atoms with Crippen molar-refractivity contribution in [2.75, 3.05) is 0 Å². The number of hydrogen-bond acceptors (Lipinski definition) is 4. The summed E-state index contributed by atoms with van der Waals surface area (Å²) in [4.78, 5) is 16.3. The maximum atomic E-state index is 12.2. The van der Waals surface area contributed by atoms with E-state index in [0.717, 1.165) is 34.7 Å². The second-order valence-corrected chi connectivity index (χ2v) is 8.07. The van der Waals surface area contributed by atoms with E-state index in [1.54, 1.807) is 23.2 Å². The van der Waals surface area contributed by atoms with Crippen molar-refractivity contribution < 1.29 is 9.53 Å². The van der Waals surface area contributed by atoms with Crippen molar-refractivity contribution in [3.8, 4) is 5.75 Å². The van der Waals surface area contributed by atoms with Crippen molar-refractivity contribution in [1.29, 1.82) is 0 Å². The lowest BCUT2D eigenvalue weighted by Gasteiger charge is -2.07. The summed E-state index contributed by atoms with van der Waals surface area (Å²) in [6.45, 7) is 7.72. The summed E-state index contributed by atoms with van der Waals surface area (Å²) < 4.78 is 7.52. The zero-order valence-electron chi connectivity index (χ0n) is 18.0. The summed E-state index contributed by atoms with van der Waals surface area (Å²) in [5.41, 5.74) is 3.56. The molecule has 6 nitrogen and oxygen atoms in total. The van der Waals surface area contributed by atoms with Crippen molar-refractivity contribution in [2.45, 2.75) is 40.5 Å². The number of nitrogens with one attached hydrogen (secondary N) is 1. The summed E-state index contributed by atoms with van der Waals surface area (Å²) in [5.74, 6) is 1.01. The Bertz CT molecular complexity index is 1030. The topological polar surface area (TPSA) is 69.0 Å². The molecule has 0 bridgehead atoms. The van der Waals surface area contributed by atoms with Crippen LogP contribution in [0.25, 0.3) is 6.08 Å². The van der Waals surface area contributed by atoms with E-state index in [-0.39, 0.29) is 5.91 Å². The highest BCUT2D eigenvalue weighted by atomic mass is 35.5. The molecule has 31 heavy (non-hydrogen) atoms. The van der Waals surface area contributed by atoms with Gasteiger partial charge in [0.2, 0.25) is 5.91 Å². The summed E-state index contributed by atoms with van der Waals surface area (Å²) in [6.07, 6.45) is 6.71. The third-order valence-corrected chi connectivity index (χ3v) is 4.97. The molecule has 0 fully saturated rings. The Hall–Kier alpha value is -3.12. The molecule has 1 N–H and O–H groups in total.